The first kappa shape index (κ1) is 18.7. The highest BCUT2D eigenvalue weighted by Gasteiger charge is 2.37. The number of halogens is 2. The van der Waals surface area contributed by atoms with Gasteiger partial charge >= 0.3 is 0 Å². The third kappa shape index (κ3) is 3.86. The molecule has 0 aromatic heterocycles. The second-order valence-corrected chi connectivity index (χ2v) is 6.30. The summed E-state index contributed by atoms with van der Waals surface area (Å²) in [6.07, 6.45) is 3.81. The zero-order valence-electron chi connectivity index (χ0n) is 13.3. The topological polar surface area (TPSA) is 79.3 Å². The SMILES string of the molecule is Cl.N#Cc1cc(F)cc([C@@H]2CCON2C(=O)[C@H]2CC[C@@H](N)CC2)c1. The molecule has 1 atom stereocenters. The largest absolute Gasteiger partial charge is 0.328 e. The molecule has 3 rings (SSSR count). The van der Waals surface area contributed by atoms with Crippen molar-refractivity contribution in [2.45, 2.75) is 44.2 Å². The number of hydroxylamine groups is 2. The van der Waals surface area contributed by atoms with Gasteiger partial charge < -0.3 is 5.73 Å². The van der Waals surface area contributed by atoms with E-state index >= 15 is 0 Å². The summed E-state index contributed by atoms with van der Waals surface area (Å²) in [5.41, 5.74) is 6.75. The highest BCUT2D eigenvalue weighted by molar-refractivity contribution is 5.85. The molecular weight excluding hydrogens is 333 g/mol. The predicted octanol–water partition coefficient (Wildman–Crippen LogP) is 2.84. The number of hydrogen-bond acceptors (Lipinski definition) is 4. The lowest BCUT2D eigenvalue weighted by molar-refractivity contribution is -0.182. The van der Waals surface area contributed by atoms with Gasteiger partial charge in [0.2, 0.25) is 5.91 Å². The van der Waals surface area contributed by atoms with Crippen LogP contribution in [0.5, 0.6) is 0 Å². The number of hydrogen-bond donors (Lipinski definition) is 1. The summed E-state index contributed by atoms with van der Waals surface area (Å²) in [4.78, 5) is 18.3. The Hall–Kier alpha value is -1.68. The fourth-order valence-electron chi connectivity index (χ4n) is 3.40. The number of rotatable bonds is 2. The van der Waals surface area contributed by atoms with Crippen LogP contribution in [-0.2, 0) is 9.63 Å². The fourth-order valence-corrected chi connectivity index (χ4v) is 3.40. The molecule has 1 amide bonds. The summed E-state index contributed by atoms with van der Waals surface area (Å²) < 4.78 is 13.7. The Morgan fingerprint density at radius 1 is 1.25 bits per heavy atom. The lowest BCUT2D eigenvalue weighted by atomic mass is 9.85. The predicted molar refractivity (Wildman–Crippen MR) is 88.5 cm³/mol. The fraction of sp³-hybridized carbons (Fsp3) is 0.529. The smallest absolute Gasteiger partial charge is 0.249 e. The monoisotopic (exact) mass is 353 g/mol. The molecule has 1 heterocycles. The van der Waals surface area contributed by atoms with E-state index in [1.807, 2.05) is 6.07 Å². The van der Waals surface area contributed by atoms with Gasteiger partial charge in [0.25, 0.3) is 0 Å². The lowest BCUT2D eigenvalue weighted by Crippen LogP contribution is -2.38. The van der Waals surface area contributed by atoms with Gasteiger partial charge in [0.05, 0.1) is 24.3 Å². The molecule has 1 saturated carbocycles. The third-order valence-electron chi connectivity index (χ3n) is 4.68. The van der Waals surface area contributed by atoms with Crippen LogP contribution in [0.15, 0.2) is 18.2 Å². The van der Waals surface area contributed by atoms with Gasteiger partial charge in [-0.1, -0.05) is 0 Å². The Labute approximate surface area is 146 Å². The van der Waals surface area contributed by atoms with Crippen LogP contribution in [0.4, 0.5) is 4.39 Å². The molecule has 1 aliphatic heterocycles. The number of carbonyl (C=O) groups is 1. The average Bonchev–Trinajstić information content (AvgIpc) is 3.04. The minimum absolute atomic E-state index is 0. The standard InChI is InChI=1S/C17H20FN3O2.ClH/c18-14-8-11(10-19)7-13(9-14)16-5-6-23-21(16)17(22)12-1-3-15(20)4-2-12;/h7-9,12,15-16H,1-6,20H2;1H/t12-,15+,16-;/m0./s1. The second kappa shape index (κ2) is 7.93. The van der Waals surface area contributed by atoms with Crippen LogP contribution in [0.1, 0.15) is 49.3 Å². The summed E-state index contributed by atoms with van der Waals surface area (Å²) in [5, 5.41) is 10.4. The summed E-state index contributed by atoms with van der Waals surface area (Å²) >= 11 is 0. The van der Waals surface area contributed by atoms with Crippen LogP contribution in [0.2, 0.25) is 0 Å². The van der Waals surface area contributed by atoms with Gasteiger partial charge in [0.1, 0.15) is 5.82 Å². The van der Waals surface area contributed by atoms with Crippen LogP contribution in [0, 0.1) is 23.1 Å². The summed E-state index contributed by atoms with van der Waals surface area (Å²) in [5.74, 6) is -0.608. The highest BCUT2D eigenvalue weighted by atomic mass is 35.5. The quantitative estimate of drug-likeness (QED) is 0.886. The van der Waals surface area contributed by atoms with Crippen LogP contribution in [0.25, 0.3) is 0 Å². The van der Waals surface area contributed by atoms with Gasteiger partial charge in [-0.15, -0.1) is 12.4 Å². The zero-order valence-corrected chi connectivity index (χ0v) is 14.1. The van der Waals surface area contributed by atoms with Crippen LogP contribution in [-0.4, -0.2) is 23.6 Å². The number of amides is 1. The number of benzene rings is 1. The molecule has 0 unspecified atom stereocenters. The van der Waals surface area contributed by atoms with E-state index in [-0.39, 0.29) is 41.9 Å². The normalized spacial score (nSPS) is 26.5. The Balaban J connectivity index is 0.00000208. The number of carbonyl (C=O) groups excluding carboxylic acids is 1. The Morgan fingerprint density at radius 2 is 1.96 bits per heavy atom. The van der Waals surface area contributed by atoms with E-state index < -0.39 is 5.82 Å². The number of nitriles is 1. The molecule has 0 radical (unpaired) electrons. The van der Waals surface area contributed by atoms with Gasteiger partial charge in [-0.3, -0.25) is 9.63 Å². The van der Waals surface area contributed by atoms with Crippen molar-refractivity contribution in [2.24, 2.45) is 11.7 Å². The summed E-state index contributed by atoms with van der Waals surface area (Å²) in [6.45, 7) is 0.418. The Morgan fingerprint density at radius 3 is 2.62 bits per heavy atom. The third-order valence-corrected chi connectivity index (χ3v) is 4.68. The van der Waals surface area contributed by atoms with Gasteiger partial charge in [-0.05, 0) is 49.4 Å². The highest BCUT2D eigenvalue weighted by Crippen LogP contribution is 2.35. The average molecular weight is 354 g/mol. The van der Waals surface area contributed by atoms with Crippen molar-refractivity contribution in [3.63, 3.8) is 0 Å². The molecule has 1 aromatic rings. The van der Waals surface area contributed by atoms with Crippen molar-refractivity contribution in [3.05, 3.63) is 35.1 Å². The molecule has 2 fully saturated rings. The zero-order chi connectivity index (χ0) is 16.4. The van der Waals surface area contributed by atoms with Crippen molar-refractivity contribution in [1.29, 1.82) is 5.26 Å². The van der Waals surface area contributed by atoms with E-state index in [2.05, 4.69) is 0 Å². The minimum atomic E-state index is -0.470. The van der Waals surface area contributed by atoms with Gasteiger partial charge in [-0.2, -0.15) is 5.26 Å². The molecular formula is C17H21ClFN3O2. The first-order valence-corrected chi connectivity index (χ1v) is 8.00. The minimum Gasteiger partial charge on any atom is -0.328 e. The van der Waals surface area contributed by atoms with E-state index in [1.165, 1.54) is 17.2 Å². The van der Waals surface area contributed by atoms with Crippen LogP contribution in [0.3, 0.4) is 0 Å². The molecule has 24 heavy (non-hydrogen) atoms. The molecule has 130 valence electrons. The van der Waals surface area contributed by atoms with Gasteiger partial charge in [0.15, 0.2) is 0 Å². The van der Waals surface area contributed by atoms with Crippen molar-refractivity contribution in [2.75, 3.05) is 6.61 Å². The number of nitrogens with two attached hydrogens (primary N) is 1. The van der Waals surface area contributed by atoms with Crippen molar-refractivity contribution in [1.82, 2.24) is 5.06 Å². The van der Waals surface area contributed by atoms with E-state index in [4.69, 9.17) is 15.8 Å². The Bertz CT molecular complexity index is 641. The number of nitrogens with zero attached hydrogens (tertiary/aromatic N) is 2. The second-order valence-electron chi connectivity index (χ2n) is 6.30. The van der Waals surface area contributed by atoms with Crippen LogP contribution >= 0.6 is 12.4 Å². The first-order valence-electron chi connectivity index (χ1n) is 8.00. The molecule has 1 aliphatic carbocycles. The van der Waals surface area contributed by atoms with E-state index in [0.717, 1.165) is 25.7 Å². The van der Waals surface area contributed by atoms with E-state index in [1.54, 1.807) is 6.07 Å². The maximum absolute atomic E-state index is 13.7. The van der Waals surface area contributed by atoms with Gasteiger partial charge in [-0.25, -0.2) is 9.45 Å². The summed E-state index contributed by atoms with van der Waals surface area (Å²) in [6, 6.07) is 5.98. The van der Waals surface area contributed by atoms with Crippen molar-refractivity contribution >= 4 is 18.3 Å². The molecule has 2 aliphatic rings. The molecule has 0 spiro atoms. The van der Waals surface area contributed by atoms with Crippen molar-refractivity contribution in [3.8, 4) is 6.07 Å². The van der Waals surface area contributed by atoms with Gasteiger partial charge in [0, 0.05) is 18.4 Å². The lowest BCUT2D eigenvalue weighted by Gasteiger charge is -2.30. The molecule has 1 saturated heterocycles. The summed E-state index contributed by atoms with van der Waals surface area (Å²) in [7, 11) is 0. The molecule has 5 nitrogen and oxygen atoms in total. The molecule has 0 bridgehead atoms. The Kier molecular flexibility index (Phi) is 6.16. The molecule has 1 aromatic carbocycles. The van der Waals surface area contributed by atoms with E-state index in [0.29, 0.717) is 18.6 Å². The van der Waals surface area contributed by atoms with Crippen molar-refractivity contribution < 1.29 is 14.0 Å². The van der Waals surface area contributed by atoms with E-state index in [9.17, 15) is 9.18 Å². The molecule has 2 N–H and O–H groups in total. The van der Waals surface area contributed by atoms with Crippen LogP contribution < -0.4 is 5.73 Å². The maximum atomic E-state index is 13.7. The first-order chi connectivity index (χ1) is 11.1. The molecule has 7 heteroatoms. The maximum Gasteiger partial charge on any atom is 0.249 e.